The summed E-state index contributed by atoms with van der Waals surface area (Å²) in [7, 11) is 0. The van der Waals surface area contributed by atoms with Crippen molar-refractivity contribution in [2.45, 2.75) is 0 Å². The van der Waals surface area contributed by atoms with Gasteiger partial charge in [-0.05, 0) is 18.2 Å². The van der Waals surface area contributed by atoms with Gasteiger partial charge in [-0.25, -0.2) is 10.2 Å². The van der Waals surface area contributed by atoms with Gasteiger partial charge in [-0.2, -0.15) is 10.1 Å². The lowest BCUT2D eigenvalue weighted by molar-refractivity contribution is -0.385. The number of carbonyl (C=O) groups excluding carboxylic acids is 1. The normalized spacial score (nSPS) is 10.7. The van der Waals surface area contributed by atoms with Crippen LogP contribution < -0.4 is 11.1 Å². The molecule has 1 amide bonds. The number of hydrazone groups is 1. The second-order valence-electron chi connectivity index (χ2n) is 5.56. The maximum atomic E-state index is 12.2. The smallest absolute Gasteiger partial charge is 0.346 e. The van der Waals surface area contributed by atoms with Crippen LogP contribution in [0.2, 0.25) is 0 Å². The number of nitro groups is 1. The Balaban J connectivity index is 1.78. The highest BCUT2D eigenvalue weighted by molar-refractivity contribution is 5.94. The molecule has 140 valence electrons. The number of phenolic OH excluding ortho intramolecular Hbond substituents is 1. The lowest BCUT2D eigenvalue weighted by Gasteiger charge is -2.03. The third-order valence-corrected chi connectivity index (χ3v) is 3.63. The number of carbonyl (C=O) groups is 1. The molecular weight excluding hydrogens is 366 g/mol. The molecule has 0 bridgehead atoms. The molecule has 0 saturated heterocycles. The molecule has 3 N–H and O–H groups in total. The zero-order valence-corrected chi connectivity index (χ0v) is 14.2. The molecule has 3 rings (SSSR count). The number of amides is 1. The molecule has 0 spiro atoms. The van der Waals surface area contributed by atoms with Gasteiger partial charge in [0.1, 0.15) is 5.69 Å². The first kappa shape index (κ1) is 18.5. The lowest BCUT2D eigenvalue weighted by Crippen LogP contribution is -2.24. The van der Waals surface area contributed by atoms with E-state index in [4.69, 9.17) is 0 Å². The van der Waals surface area contributed by atoms with Crippen LogP contribution >= 0.6 is 0 Å². The number of nitrogens with one attached hydrogen (secondary N) is 2. The predicted octanol–water partition coefficient (Wildman–Crippen LogP) is 1.81. The Kier molecular flexibility index (Phi) is 5.21. The maximum absolute atomic E-state index is 12.2. The van der Waals surface area contributed by atoms with Gasteiger partial charge in [0.15, 0.2) is 5.75 Å². The van der Waals surface area contributed by atoms with Crippen LogP contribution in [0, 0.1) is 10.1 Å². The topological polar surface area (TPSA) is 151 Å². The van der Waals surface area contributed by atoms with Crippen LogP contribution in [0.25, 0.3) is 11.3 Å². The molecule has 0 radical (unpaired) electrons. The minimum atomic E-state index is -0.738. The Hall–Kier alpha value is -4.34. The van der Waals surface area contributed by atoms with Crippen molar-refractivity contribution in [3.05, 3.63) is 86.5 Å². The number of nitro benzene ring substituents is 1. The number of aromatic nitrogens is 2. The highest BCUT2D eigenvalue weighted by Crippen LogP contribution is 2.25. The number of nitrogens with zero attached hydrogens (tertiary/aromatic N) is 3. The monoisotopic (exact) mass is 379 g/mol. The Morgan fingerprint density at radius 1 is 1.21 bits per heavy atom. The summed E-state index contributed by atoms with van der Waals surface area (Å²) in [6, 6.07) is 13.9. The van der Waals surface area contributed by atoms with E-state index in [9.17, 15) is 24.8 Å². The Labute approximate surface area is 157 Å². The van der Waals surface area contributed by atoms with Gasteiger partial charge in [0.05, 0.1) is 16.8 Å². The number of aromatic amines is 1. The summed E-state index contributed by atoms with van der Waals surface area (Å²) in [5.74, 6) is -1.17. The van der Waals surface area contributed by atoms with E-state index in [0.29, 0.717) is 11.3 Å². The van der Waals surface area contributed by atoms with Gasteiger partial charge in [-0.3, -0.25) is 14.9 Å². The zero-order valence-electron chi connectivity index (χ0n) is 14.2. The first-order valence-electron chi connectivity index (χ1n) is 7.91. The number of hydrogen-bond acceptors (Lipinski definition) is 7. The fourth-order valence-corrected chi connectivity index (χ4v) is 2.33. The molecule has 0 unspecified atom stereocenters. The van der Waals surface area contributed by atoms with Crippen molar-refractivity contribution >= 4 is 17.8 Å². The van der Waals surface area contributed by atoms with Crippen molar-refractivity contribution < 1.29 is 14.8 Å². The molecule has 0 aliphatic heterocycles. The highest BCUT2D eigenvalue weighted by Gasteiger charge is 2.13. The van der Waals surface area contributed by atoms with E-state index in [-0.39, 0.29) is 11.3 Å². The average Bonchev–Trinajstić information content (AvgIpc) is 2.69. The van der Waals surface area contributed by atoms with Crippen molar-refractivity contribution in [1.29, 1.82) is 0 Å². The molecule has 2 aromatic carbocycles. The van der Waals surface area contributed by atoms with Crippen molar-refractivity contribution in [3.63, 3.8) is 0 Å². The van der Waals surface area contributed by atoms with Crippen LogP contribution in [-0.2, 0) is 0 Å². The molecule has 3 aromatic rings. The minimum Gasteiger partial charge on any atom is -0.502 e. The van der Waals surface area contributed by atoms with Crippen LogP contribution in [0.5, 0.6) is 5.75 Å². The standard InChI is InChI=1S/C18H13N5O5/c24-16-7-6-11(8-15(16)23(27)28)10-19-22-17(25)14-9-13(20-18(26)21-14)12-4-2-1-3-5-12/h1-10,24H,(H,22,25)(H,20,21,26)/b19-10+. The van der Waals surface area contributed by atoms with Gasteiger partial charge in [0, 0.05) is 17.2 Å². The van der Waals surface area contributed by atoms with E-state index in [0.717, 1.165) is 12.1 Å². The van der Waals surface area contributed by atoms with Crippen LogP contribution in [0.3, 0.4) is 0 Å². The highest BCUT2D eigenvalue weighted by atomic mass is 16.6. The molecule has 1 aromatic heterocycles. The first-order valence-corrected chi connectivity index (χ1v) is 7.91. The SMILES string of the molecule is O=C(N/N=C/c1ccc(O)c([N+](=O)[O-])c1)c1cc(-c2ccccc2)nc(=O)[nH]1. The van der Waals surface area contributed by atoms with E-state index < -0.39 is 28.0 Å². The number of hydrogen-bond donors (Lipinski definition) is 3. The van der Waals surface area contributed by atoms with Crippen molar-refractivity contribution in [1.82, 2.24) is 15.4 Å². The Morgan fingerprint density at radius 3 is 2.68 bits per heavy atom. The van der Waals surface area contributed by atoms with Crippen molar-refractivity contribution in [2.75, 3.05) is 0 Å². The second kappa shape index (κ2) is 7.91. The maximum Gasteiger partial charge on any atom is 0.346 e. The van der Waals surface area contributed by atoms with Gasteiger partial charge in [-0.15, -0.1) is 0 Å². The van der Waals surface area contributed by atoms with Gasteiger partial charge in [0.25, 0.3) is 5.91 Å². The third kappa shape index (κ3) is 4.25. The largest absolute Gasteiger partial charge is 0.502 e. The van der Waals surface area contributed by atoms with Gasteiger partial charge in [-0.1, -0.05) is 30.3 Å². The molecule has 28 heavy (non-hydrogen) atoms. The first-order chi connectivity index (χ1) is 13.4. The minimum absolute atomic E-state index is 0.0484. The Bertz CT molecular complexity index is 1120. The van der Waals surface area contributed by atoms with Gasteiger partial charge in [0.2, 0.25) is 0 Å². The predicted molar refractivity (Wildman–Crippen MR) is 100 cm³/mol. The van der Waals surface area contributed by atoms with Crippen LogP contribution in [0.4, 0.5) is 5.69 Å². The lowest BCUT2D eigenvalue weighted by atomic mass is 10.1. The van der Waals surface area contributed by atoms with Crippen molar-refractivity contribution in [3.8, 4) is 17.0 Å². The van der Waals surface area contributed by atoms with E-state index in [1.165, 1.54) is 18.3 Å². The molecule has 10 nitrogen and oxygen atoms in total. The van der Waals surface area contributed by atoms with E-state index >= 15 is 0 Å². The summed E-state index contributed by atoms with van der Waals surface area (Å²) in [6.07, 6.45) is 1.17. The molecule has 0 aliphatic rings. The molecule has 0 saturated carbocycles. The van der Waals surface area contributed by atoms with Gasteiger partial charge >= 0.3 is 11.4 Å². The number of benzene rings is 2. The van der Waals surface area contributed by atoms with E-state index in [1.54, 1.807) is 24.3 Å². The molecule has 0 aliphatic carbocycles. The summed E-state index contributed by atoms with van der Waals surface area (Å²) in [5, 5.41) is 23.9. The summed E-state index contributed by atoms with van der Waals surface area (Å²) in [5.41, 5.74) is 2.28. The molecule has 0 atom stereocenters. The molecule has 10 heteroatoms. The van der Waals surface area contributed by atoms with E-state index in [2.05, 4.69) is 20.5 Å². The second-order valence-corrected chi connectivity index (χ2v) is 5.56. The summed E-state index contributed by atoms with van der Waals surface area (Å²) in [4.78, 5) is 40.2. The molecule has 0 fully saturated rings. The third-order valence-electron chi connectivity index (χ3n) is 3.63. The van der Waals surface area contributed by atoms with Crippen LogP contribution in [0.1, 0.15) is 16.1 Å². The quantitative estimate of drug-likeness (QED) is 0.349. The summed E-state index contributed by atoms with van der Waals surface area (Å²) >= 11 is 0. The van der Waals surface area contributed by atoms with Gasteiger partial charge < -0.3 is 10.1 Å². The fourth-order valence-electron chi connectivity index (χ4n) is 2.33. The number of rotatable bonds is 5. The van der Waals surface area contributed by atoms with Crippen LogP contribution in [-0.4, -0.2) is 32.1 Å². The molecular formula is C18H13N5O5. The summed E-state index contributed by atoms with van der Waals surface area (Å²) < 4.78 is 0. The Morgan fingerprint density at radius 2 is 1.96 bits per heavy atom. The molecule has 1 heterocycles. The van der Waals surface area contributed by atoms with Crippen molar-refractivity contribution in [2.24, 2.45) is 5.10 Å². The van der Waals surface area contributed by atoms with Crippen LogP contribution in [0.15, 0.2) is 64.5 Å². The van der Waals surface area contributed by atoms with E-state index in [1.807, 2.05) is 6.07 Å². The average molecular weight is 379 g/mol. The number of H-pyrrole nitrogens is 1. The zero-order chi connectivity index (χ0) is 20.1. The number of aromatic hydroxyl groups is 1. The number of phenols is 1. The fraction of sp³-hybridized carbons (Fsp3) is 0. The summed E-state index contributed by atoms with van der Waals surface area (Å²) in [6.45, 7) is 0.